The van der Waals surface area contributed by atoms with Gasteiger partial charge in [0.25, 0.3) is 0 Å². The fraction of sp³-hybridized carbons (Fsp3) is 0.556. The monoisotopic (exact) mass is 346 g/mol. The van der Waals surface area contributed by atoms with Gasteiger partial charge in [-0.1, -0.05) is 31.2 Å². The molecule has 0 bridgehead atoms. The molecule has 1 aromatic heterocycles. The zero-order valence-electron chi connectivity index (χ0n) is 14.5. The molecule has 0 saturated carbocycles. The van der Waals surface area contributed by atoms with Crippen molar-refractivity contribution in [3.63, 3.8) is 0 Å². The minimum Gasteiger partial charge on any atom is -0.379 e. The van der Waals surface area contributed by atoms with Gasteiger partial charge in [0.05, 0.1) is 25.5 Å². The maximum atomic E-state index is 5.37. The van der Waals surface area contributed by atoms with Gasteiger partial charge >= 0.3 is 0 Å². The summed E-state index contributed by atoms with van der Waals surface area (Å²) in [6, 6.07) is 8.82. The molecule has 1 aliphatic rings. The van der Waals surface area contributed by atoms with Crippen molar-refractivity contribution in [3.05, 3.63) is 41.7 Å². The normalized spacial score (nSPS) is 16.0. The highest BCUT2D eigenvalue weighted by Crippen LogP contribution is 2.24. The lowest BCUT2D eigenvalue weighted by Crippen LogP contribution is -2.38. The van der Waals surface area contributed by atoms with Crippen molar-refractivity contribution in [2.45, 2.75) is 37.0 Å². The maximum absolute atomic E-state index is 5.37. The number of rotatable bonds is 7. The summed E-state index contributed by atoms with van der Waals surface area (Å²) in [5.74, 6) is 1.44. The Morgan fingerprint density at radius 1 is 1.12 bits per heavy atom. The van der Waals surface area contributed by atoms with Gasteiger partial charge in [0.1, 0.15) is 0 Å². The summed E-state index contributed by atoms with van der Waals surface area (Å²) in [4.78, 5) is 3.69. The number of ether oxygens (including phenoxy) is 1. The lowest BCUT2D eigenvalue weighted by molar-refractivity contribution is 0.0359. The summed E-state index contributed by atoms with van der Waals surface area (Å²) in [7, 11) is 0. The van der Waals surface area contributed by atoms with Crippen LogP contribution in [-0.2, 0) is 17.0 Å². The van der Waals surface area contributed by atoms with Gasteiger partial charge in [0, 0.05) is 36.5 Å². The van der Waals surface area contributed by atoms with Crippen LogP contribution in [0.25, 0.3) is 0 Å². The van der Waals surface area contributed by atoms with E-state index in [0.717, 1.165) is 50.8 Å². The molecule has 3 rings (SSSR count). The Labute approximate surface area is 148 Å². The molecule has 0 atom stereocenters. The molecule has 0 radical (unpaired) electrons. The summed E-state index contributed by atoms with van der Waals surface area (Å²) in [6.45, 7) is 10.1. The van der Waals surface area contributed by atoms with Crippen molar-refractivity contribution < 1.29 is 4.74 Å². The fourth-order valence-electron chi connectivity index (χ4n) is 2.69. The second-order valence-electron chi connectivity index (χ2n) is 6.44. The molecule has 130 valence electrons. The smallest absolute Gasteiger partial charge is 0.0929 e. The van der Waals surface area contributed by atoms with Crippen LogP contribution >= 0.6 is 11.8 Å². The summed E-state index contributed by atoms with van der Waals surface area (Å²) in [6.07, 6.45) is 2.07. The third-order valence-electron chi connectivity index (χ3n) is 4.27. The molecule has 24 heavy (non-hydrogen) atoms. The largest absolute Gasteiger partial charge is 0.379 e. The Balaban J connectivity index is 1.45. The molecule has 2 aromatic rings. The van der Waals surface area contributed by atoms with Crippen molar-refractivity contribution in [1.29, 1.82) is 0 Å². The first-order chi connectivity index (χ1) is 11.7. The highest BCUT2D eigenvalue weighted by Gasteiger charge is 2.10. The predicted octanol–water partition coefficient (Wildman–Crippen LogP) is 3.03. The van der Waals surface area contributed by atoms with Crippen LogP contribution in [0.4, 0.5) is 0 Å². The zero-order chi connectivity index (χ0) is 16.8. The SMILES string of the molecule is CC(C)c1ccc(SCc2cn(CCN3CCOCC3)nn2)cc1. The molecule has 0 aliphatic carbocycles. The highest BCUT2D eigenvalue weighted by molar-refractivity contribution is 7.98. The van der Waals surface area contributed by atoms with Gasteiger partial charge in [-0.15, -0.1) is 16.9 Å². The Morgan fingerprint density at radius 2 is 1.88 bits per heavy atom. The first-order valence-electron chi connectivity index (χ1n) is 8.62. The zero-order valence-corrected chi connectivity index (χ0v) is 15.3. The van der Waals surface area contributed by atoms with E-state index in [4.69, 9.17) is 4.74 Å². The molecular weight excluding hydrogens is 320 g/mol. The minimum absolute atomic E-state index is 0.579. The van der Waals surface area contributed by atoms with Crippen molar-refractivity contribution in [3.8, 4) is 0 Å². The van der Waals surface area contributed by atoms with Gasteiger partial charge in [-0.3, -0.25) is 9.58 Å². The highest BCUT2D eigenvalue weighted by atomic mass is 32.2. The molecule has 1 aromatic carbocycles. The Hall–Kier alpha value is -1.37. The number of morpholine rings is 1. The standard InChI is InChI=1S/C18H26N4OS/c1-15(2)16-3-5-18(6-4-16)24-14-17-13-22(20-19-17)8-7-21-9-11-23-12-10-21/h3-6,13,15H,7-12,14H2,1-2H3. The van der Waals surface area contributed by atoms with Crippen LogP contribution in [0.2, 0.25) is 0 Å². The molecule has 6 heteroatoms. The lowest BCUT2D eigenvalue weighted by Gasteiger charge is -2.26. The van der Waals surface area contributed by atoms with E-state index in [0.29, 0.717) is 5.92 Å². The molecule has 1 saturated heterocycles. The lowest BCUT2D eigenvalue weighted by atomic mass is 10.0. The number of nitrogens with zero attached hydrogens (tertiary/aromatic N) is 4. The van der Waals surface area contributed by atoms with Crippen LogP contribution < -0.4 is 0 Å². The average Bonchev–Trinajstić information content (AvgIpc) is 3.07. The van der Waals surface area contributed by atoms with E-state index in [1.165, 1.54) is 10.5 Å². The number of hydrogen-bond donors (Lipinski definition) is 0. The summed E-state index contributed by atoms with van der Waals surface area (Å²) in [5.41, 5.74) is 2.42. The topological polar surface area (TPSA) is 43.2 Å². The van der Waals surface area contributed by atoms with Crippen molar-refractivity contribution in [2.75, 3.05) is 32.8 Å². The van der Waals surface area contributed by atoms with Crippen LogP contribution in [0.3, 0.4) is 0 Å². The maximum Gasteiger partial charge on any atom is 0.0929 e. The summed E-state index contributed by atoms with van der Waals surface area (Å²) in [5, 5.41) is 8.54. The van der Waals surface area contributed by atoms with Gasteiger partial charge in [0.15, 0.2) is 0 Å². The van der Waals surface area contributed by atoms with Crippen LogP contribution in [-0.4, -0.2) is 52.7 Å². The van der Waals surface area contributed by atoms with E-state index in [1.807, 2.05) is 16.4 Å². The number of thioether (sulfide) groups is 1. The molecule has 1 fully saturated rings. The summed E-state index contributed by atoms with van der Waals surface area (Å²) < 4.78 is 7.32. The van der Waals surface area contributed by atoms with Gasteiger partial charge in [-0.05, 0) is 23.6 Å². The van der Waals surface area contributed by atoms with Crippen LogP contribution in [0.5, 0.6) is 0 Å². The van der Waals surface area contributed by atoms with E-state index in [9.17, 15) is 0 Å². The predicted molar refractivity (Wildman–Crippen MR) is 97.4 cm³/mol. The Morgan fingerprint density at radius 3 is 2.58 bits per heavy atom. The van der Waals surface area contributed by atoms with Crippen molar-refractivity contribution in [1.82, 2.24) is 19.9 Å². The van der Waals surface area contributed by atoms with Gasteiger partial charge in [0.2, 0.25) is 0 Å². The molecule has 0 spiro atoms. The fourth-order valence-corrected chi connectivity index (χ4v) is 3.46. The van der Waals surface area contributed by atoms with E-state index >= 15 is 0 Å². The number of hydrogen-bond acceptors (Lipinski definition) is 5. The first kappa shape index (κ1) is 17.5. The van der Waals surface area contributed by atoms with E-state index in [1.54, 1.807) is 0 Å². The third-order valence-corrected chi connectivity index (χ3v) is 5.31. The molecule has 0 unspecified atom stereocenters. The van der Waals surface area contributed by atoms with E-state index in [-0.39, 0.29) is 0 Å². The number of benzene rings is 1. The van der Waals surface area contributed by atoms with Gasteiger partial charge < -0.3 is 4.74 Å². The van der Waals surface area contributed by atoms with Crippen molar-refractivity contribution in [2.24, 2.45) is 0 Å². The van der Waals surface area contributed by atoms with E-state index in [2.05, 4.69) is 59.5 Å². The second kappa shape index (κ2) is 8.65. The Kier molecular flexibility index (Phi) is 6.29. The van der Waals surface area contributed by atoms with Crippen molar-refractivity contribution >= 4 is 11.8 Å². The summed E-state index contributed by atoms with van der Waals surface area (Å²) >= 11 is 1.81. The molecule has 0 amide bonds. The third kappa shape index (κ3) is 5.06. The molecule has 2 heterocycles. The van der Waals surface area contributed by atoms with Crippen LogP contribution in [0.15, 0.2) is 35.4 Å². The molecule has 0 N–H and O–H groups in total. The van der Waals surface area contributed by atoms with Gasteiger partial charge in [-0.2, -0.15) is 0 Å². The minimum atomic E-state index is 0.579. The van der Waals surface area contributed by atoms with E-state index < -0.39 is 0 Å². The Bertz CT molecular complexity index is 620. The second-order valence-corrected chi connectivity index (χ2v) is 7.49. The van der Waals surface area contributed by atoms with Crippen LogP contribution in [0.1, 0.15) is 31.0 Å². The quantitative estimate of drug-likeness (QED) is 0.721. The number of aromatic nitrogens is 3. The average molecular weight is 347 g/mol. The molecule has 1 aliphatic heterocycles. The van der Waals surface area contributed by atoms with Gasteiger partial charge in [-0.25, -0.2) is 0 Å². The molecule has 5 nitrogen and oxygen atoms in total. The van der Waals surface area contributed by atoms with Crippen LogP contribution in [0, 0.1) is 0 Å². The first-order valence-corrected chi connectivity index (χ1v) is 9.61. The molecular formula is C18H26N4OS.